The van der Waals surface area contributed by atoms with Crippen LogP contribution in [0.4, 0.5) is 0 Å². The fourth-order valence-corrected chi connectivity index (χ4v) is 4.98. The predicted octanol–water partition coefficient (Wildman–Crippen LogP) is 4.64. The molecule has 29 heavy (non-hydrogen) atoms. The van der Waals surface area contributed by atoms with Gasteiger partial charge in [-0.05, 0) is 54.7 Å². The van der Waals surface area contributed by atoms with Gasteiger partial charge in [0.2, 0.25) is 11.8 Å². The number of nitrogens with one attached hydrogen (secondary N) is 1. The number of carbonyl (C=O) groups is 2. The Kier molecular flexibility index (Phi) is 6.34. The summed E-state index contributed by atoms with van der Waals surface area (Å²) in [6.45, 7) is 2.13. The topological polar surface area (TPSA) is 49.4 Å². The number of benzene rings is 1. The SMILES string of the molecule is CCc1ccc(C(C(=O)NC2CCCC2)N(C(=O)Cc2cccs2)C2CC2)cc1. The number of nitrogens with zero attached hydrogens (tertiary/aromatic N) is 1. The highest BCUT2D eigenvalue weighted by molar-refractivity contribution is 7.10. The molecule has 1 heterocycles. The van der Waals surface area contributed by atoms with Gasteiger partial charge in [0.1, 0.15) is 6.04 Å². The summed E-state index contributed by atoms with van der Waals surface area (Å²) >= 11 is 1.60. The number of rotatable bonds is 8. The summed E-state index contributed by atoms with van der Waals surface area (Å²) in [7, 11) is 0. The van der Waals surface area contributed by atoms with Crippen LogP contribution in [0.5, 0.6) is 0 Å². The predicted molar refractivity (Wildman–Crippen MR) is 117 cm³/mol. The summed E-state index contributed by atoms with van der Waals surface area (Å²) in [6.07, 6.45) is 7.72. The molecular formula is C24H30N2O2S. The van der Waals surface area contributed by atoms with Crippen LogP contribution in [0.3, 0.4) is 0 Å². The van der Waals surface area contributed by atoms with E-state index >= 15 is 0 Å². The van der Waals surface area contributed by atoms with Crippen molar-refractivity contribution in [3.8, 4) is 0 Å². The van der Waals surface area contributed by atoms with Crippen LogP contribution >= 0.6 is 11.3 Å². The van der Waals surface area contributed by atoms with Gasteiger partial charge in [-0.1, -0.05) is 50.1 Å². The summed E-state index contributed by atoms with van der Waals surface area (Å²) in [5, 5.41) is 5.25. The van der Waals surface area contributed by atoms with Crippen molar-refractivity contribution in [2.45, 2.75) is 76.4 Å². The van der Waals surface area contributed by atoms with E-state index in [1.165, 1.54) is 18.4 Å². The fourth-order valence-electron chi connectivity index (χ4n) is 4.29. The van der Waals surface area contributed by atoms with Crippen molar-refractivity contribution in [3.63, 3.8) is 0 Å². The van der Waals surface area contributed by atoms with Gasteiger partial charge in [0.05, 0.1) is 6.42 Å². The molecule has 4 rings (SSSR count). The molecule has 2 fully saturated rings. The number of carbonyl (C=O) groups excluding carboxylic acids is 2. The molecule has 2 saturated carbocycles. The van der Waals surface area contributed by atoms with E-state index in [1.807, 2.05) is 34.5 Å². The van der Waals surface area contributed by atoms with Gasteiger partial charge < -0.3 is 10.2 Å². The molecule has 0 radical (unpaired) electrons. The Balaban J connectivity index is 1.62. The van der Waals surface area contributed by atoms with Crippen LogP contribution in [-0.4, -0.2) is 28.8 Å². The van der Waals surface area contributed by atoms with Gasteiger partial charge in [-0.15, -0.1) is 11.3 Å². The summed E-state index contributed by atoms with van der Waals surface area (Å²) in [6, 6.07) is 12.1. The second kappa shape index (κ2) is 9.12. The summed E-state index contributed by atoms with van der Waals surface area (Å²) in [5.74, 6) is 0.0358. The van der Waals surface area contributed by atoms with E-state index in [4.69, 9.17) is 0 Å². The van der Waals surface area contributed by atoms with Crippen molar-refractivity contribution in [2.75, 3.05) is 0 Å². The second-order valence-corrected chi connectivity index (χ2v) is 9.31. The highest BCUT2D eigenvalue weighted by atomic mass is 32.1. The number of hydrogen-bond donors (Lipinski definition) is 1. The number of amides is 2. The molecule has 1 aromatic carbocycles. The van der Waals surface area contributed by atoms with Gasteiger partial charge in [-0.2, -0.15) is 0 Å². The van der Waals surface area contributed by atoms with E-state index in [0.29, 0.717) is 6.42 Å². The van der Waals surface area contributed by atoms with Gasteiger partial charge >= 0.3 is 0 Å². The zero-order chi connectivity index (χ0) is 20.2. The van der Waals surface area contributed by atoms with E-state index in [-0.39, 0.29) is 23.9 Å². The first-order valence-electron chi connectivity index (χ1n) is 10.9. The molecule has 5 heteroatoms. The van der Waals surface area contributed by atoms with Gasteiger partial charge in [0.15, 0.2) is 0 Å². The Bertz CT molecular complexity index is 821. The molecular weight excluding hydrogens is 380 g/mol. The zero-order valence-corrected chi connectivity index (χ0v) is 17.9. The van der Waals surface area contributed by atoms with Crippen LogP contribution in [0.25, 0.3) is 0 Å². The molecule has 1 unspecified atom stereocenters. The fraction of sp³-hybridized carbons (Fsp3) is 0.500. The number of thiophene rings is 1. The molecule has 2 amide bonds. The standard InChI is InChI=1S/C24H30N2O2S/c1-2-17-9-11-18(12-10-17)23(24(28)25-19-6-3-4-7-19)26(20-13-14-20)22(27)16-21-8-5-15-29-21/h5,8-12,15,19-20,23H,2-4,6-7,13-14,16H2,1H3,(H,25,28). The third-order valence-electron chi connectivity index (χ3n) is 6.07. The molecule has 1 atom stereocenters. The van der Waals surface area contributed by atoms with E-state index in [1.54, 1.807) is 11.3 Å². The lowest BCUT2D eigenvalue weighted by Crippen LogP contribution is -2.47. The van der Waals surface area contributed by atoms with Crippen LogP contribution in [-0.2, 0) is 22.4 Å². The number of hydrogen-bond acceptors (Lipinski definition) is 3. The van der Waals surface area contributed by atoms with Crippen LogP contribution < -0.4 is 5.32 Å². The first-order chi connectivity index (χ1) is 14.2. The maximum Gasteiger partial charge on any atom is 0.247 e. The summed E-state index contributed by atoms with van der Waals surface area (Å²) < 4.78 is 0. The molecule has 1 aromatic heterocycles. The van der Waals surface area contributed by atoms with Crippen LogP contribution in [0.1, 0.15) is 67.5 Å². The lowest BCUT2D eigenvalue weighted by atomic mass is 10.00. The van der Waals surface area contributed by atoms with E-state index in [0.717, 1.165) is 42.5 Å². The summed E-state index contributed by atoms with van der Waals surface area (Å²) in [4.78, 5) is 29.7. The van der Waals surface area contributed by atoms with Gasteiger partial charge in [0.25, 0.3) is 0 Å². The first-order valence-corrected chi connectivity index (χ1v) is 11.8. The third kappa shape index (κ3) is 4.89. The Morgan fingerprint density at radius 1 is 1.10 bits per heavy atom. The molecule has 0 saturated heterocycles. The van der Waals surface area contributed by atoms with Crippen molar-refractivity contribution in [1.82, 2.24) is 10.2 Å². The minimum Gasteiger partial charge on any atom is -0.351 e. The minimum atomic E-state index is -0.540. The molecule has 1 N–H and O–H groups in total. The van der Waals surface area contributed by atoms with Crippen molar-refractivity contribution < 1.29 is 9.59 Å². The quantitative estimate of drug-likeness (QED) is 0.689. The lowest BCUT2D eigenvalue weighted by molar-refractivity contribution is -0.141. The Morgan fingerprint density at radius 3 is 2.41 bits per heavy atom. The van der Waals surface area contributed by atoms with Crippen molar-refractivity contribution in [1.29, 1.82) is 0 Å². The van der Waals surface area contributed by atoms with Crippen LogP contribution in [0, 0.1) is 0 Å². The molecule has 4 nitrogen and oxygen atoms in total. The Morgan fingerprint density at radius 2 is 1.83 bits per heavy atom. The molecule has 0 aliphatic heterocycles. The average Bonchev–Trinajstić information content (AvgIpc) is 3.18. The van der Waals surface area contributed by atoms with E-state index < -0.39 is 6.04 Å². The smallest absolute Gasteiger partial charge is 0.247 e. The second-order valence-electron chi connectivity index (χ2n) is 8.28. The Labute approximate surface area is 177 Å². The normalized spacial score (nSPS) is 17.8. The monoisotopic (exact) mass is 410 g/mol. The van der Waals surface area contributed by atoms with Gasteiger partial charge in [0, 0.05) is 17.0 Å². The highest BCUT2D eigenvalue weighted by Crippen LogP contribution is 2.36. The van der Waals surface area contributed by atoms with Crippen molar-refractivity contribution in [2.24, 2.45) is 0 Å². The minimum absolute atomic E-state index is 0.0208. The lowest BCUT2D eigenvalue weighted by Gasteiger charge is -2.32. The average molecular weight is 411 g/mol. The van der Waals surface area contributed by atoms with Crippen LogP contribution in [0.15, 0.2) is 41.8 Å². The zero-order valence-electron chi connectivity index (χ0n) is 17.1. The molecule has 2 aliphatic rings. The first kappa shape index (κ1) is 20.1. The van der Waals surface area contributed by atoms with Crippen molar-refractivity contribution in [3.05, 3.63) is 57.8 Å². The number of aryl methyl sites for hydroxylation is 1. The molecule has 0 spiro atoms. The third-order valence-corrected chi connectivity index (χ3v) is 6.94. The molecule has 154 valence electrons. The van der Waals surface area contributed by atoms with Gasteiger partial charge in [-0.25, -0.2) is 0 Å². The van der Waals surface area contributed by atoms with E-state index in [9.17, 15) is 9.59 Å². The maximum atomic E-state index is 13.4. The van der Waals surface area contributed by atoms with Gasteiger partial charge in [-0.3, -0.25) is 9.59 Å². The largest absolute Gasteiger partial charge is 0.351 e. The molecule has 2 aliphatic carbocycles. The van der Waals surface area contributed by atoms with Crippen LogP contribution in [0.2, 0.25) is 0 Å². The van der Waals surface area contributed by atoms with Crippen molar-refractivity contribution >= 4 is 23.2 Å². The highest BCUT2D eigenvalue weighted by Gasteiger charge is 2.41. The van der Waals surface area contributed by atoms with E-state index in [2.05, 4.69) is 24.4 Å². The maximum absolute atomic E-state index is 13.4. The molecule has 2 aromatic rings. The molecule has 0 bridgehead atoms. The Hall–Kier alpha value is -2.14. The summed E-state index contributed by atoms with van der Waals surface area (Å²) in [5.41, 5.74) is 2.16.